The largest absolute Gasteiger partial charge is 0.342 e. The van der Waals surface area contributed by atoms with Crippen LogP contribution in [0.1, 0.15) is 37.2 Å². The predicted molar refractivity (Wildman–Crippen MR) is 87.7 cm³/mol. The van der Waals surface area contributed by atoms with E-state index in [1.54, 1.807) is 12.1 Å². The number of rotatable bonds is 3. The fourth-order valence-corrected chi connectivity index (χ4v) is 4.04. The summed E-state index contributed by atoms with van der Waals surface area (Å²) >= 11 is 0. The average Bonchev–Trinajstić information content (AvgIpc) is 3.12. The van der Waals surface area contributed by atoms with Crippen molar-refractivity contribution >= 4 is 11.8 Å². The third kappa shape index (κ3) is 2.92. The molecule has 2 unspecified atom stereocenters. The summed E-state index contributed by atoms with van der Waals surface area (Å²) in [6.07, 6.45) is 4.07. The number of benzene rings is 1. The number of hydrogen-bond donors (Lipinski definition) is 0. The van der Waals surface area contributed by atoms with Gasteiger partial charge in [0, 0.05) is 38.0 Å². The molecule has 128 valence electrons. The standard InChI is InChI=1S/C19H23FN2O2/c20-15-7-5-13(6-8-15)16-11-22(18(23)14-3-4-14)12-17(16)19(24)21-9-1-2-10-21/h5-8,14,16-17H,1-4,9-12H2. The lowest BCUT2D eigenvalue weighted by molar-refractivity contribution is -0.135. The van der Waals surface area contributed by atoms with Crippen molar-refractivity contribution in [1.29, 1.82) is 0 Å². The van der Waals surface area contributed by atoms with Crippen LogP contribution in [0.3, 0.4) is 0 Å². The molecular formula is C19H23FN2O2. The Morgan fingerprint density at radius 3 is 2.21 bits per heavy atom. The molecule has 1 saturated carbocycles. The molecule has 3 aliphatic rings. The van der Waals surface area contributed by atoms with Crippen LogP contribution in [-0.2, 0) is 9.59 Å². The van der Waals surface area contributed by atoms with E-state index >= 15 is 0 Å². The lowest BCUT2D eigenvalue weighted by Gasteiger charge is -2.24. The van der Waals surface area contributed by atoms with Crippen LogP contribution in [0.5, 0.6) is 0 Å². The Kier molecular flexibility index (Phi) is 4.02. The molecule has 0 aromatic heterocycles. The minimum atomic E-state index is -0.273. The summed E-state index contributed by atoms with van der Waals surface area (Å²) in [4.78, 5) is 29.2. The van der Waals surface area contributed by atoms with E-state index in [9.17, 15) is 14.0 Å². The fraction of sp³-hybridized carbons (Fsp3) is 0.579. The van der Waals surface area contributed by atoms with Gasteiger partial charge in [0.2, 0.25) is 11.8 Å². The Balaban J connectivity index is 1.58. The maximum absolute atomic E-state index is 13.3. The monoisotopic (exact) mass is 330 g/mol. The zero-order valence-electron chi connectivity index (χ0n) is 13.8. The first-order valence-electron chi connectivity index (χ1n) is 8.96. The number of likely N-dealkylation sites (tertiary alicyclic amines) is 2. The van der Waals surface area contributed by atoms with Crippen LogP contribution in [0.4, 0.5) is 4.39 Å². The number of nitrogens with zero attached hydrogens (tertiary/aromatic N) is 2. The van der Waals surface area contributed by atoms with Gasteiger partial charge in [0.05, 0.1) is 5.92 Å². The molecule has 5 heteroatoms. The first kappa shape index (κ1) is 15.6. The van der Waals surface area contributed by atoms with Crippen molar-refractivity contribution in [2.75, 3.05) is 26.2 Å². The predicted octanol–water partition coefficient (Wildman–Crippen LogP) is 2.40. The zero-order valence-corrected chi connectivity index (χ0v) is 13.8. The Morgan fingerprint density at radius 2 is 1.58 bits per heavy atom. The highest BCUT2D eigenvalue weighted by atomic mass is 19.1. The average molecular weight is 330 g/mol. The van der Waals surface area contributed by atoms with E-state index in [1.165, 1.54) is 12.1 Å². The fourth-order valence-electron chi connectivity index (χ4n) is 4.04. The van der Waals surface area contributed by atoms with Gasteiger partial charge in [0.15, 0.2) is 0 Å². The minimum absolute atomic E-state index is 0.0265. The maximum Gasteiger partial charge on any atom is 0.228 e. The third-order valence-electron chi connectivity index (χ3n) is 5.59. The summed E-state index contributed by atoms with van der Waals surface area (Å²) < 4.78 is 13.3. The highest BCUT2D eigenvalue weighted by molar-refractivity contribution is 5.85. The molecule has 0 radical (unpaired) electrons. The summed E-state index contributed by atoms with van der Waals surface area (Å²) in [5.41, 5.74) is 0.958. The van der Waals surface area contributed by atoms with Gasteiger partial charge in [-0.2, -0.15) is 0 Å². The Morgan fingerprint density at radius 1 is 0.917 bits per heavy atom. The molecule has 0 bridgehead atoms. The van der Waals surface area contributed by atoms with E-state index in [2.05, 4.69) is 0 Å². The van der Waals surface area contributed by atoms with Gasteiger partial charge in [0.25, 0.3) is 0 Å². The Hall–Kier alpha value is -1.91. The molecule has 1 aromatic carbocycles. The van der Waals surface area contributed by atoms with Gasteiger partial charge in [-0.25, -0.2) is 4.39 Å². The van der Waals surface area contributed by atoms with Gasteiger partial charge in [-0.3, -0.25) is 9.59 Å². The van der Waals surface area contributed by atoms with Gasteiger partial charge < -0.3 is 9.80 Å². The van der Waals surface area contributed by atoms with E-state index < -0.39 is 0 Å². The smallest absolute Gasteiger partial charge is 0.228 e. The molecule has 0 N–H and O–H groups in total. The van der Waals surface area contributed by atoms with E-state index in [0.29, 0.717) is 13.1 Å². The molecule has 4 rings (SSSR count). The van der Waals surface area contributed by atoms with Crippen molar-refractivity contribution in [3.63, 3.8) is 0 Å². The number of carbonyl (C=O) groups excluding carboxylic acids is 2. The lowest BCUT2D eigenvalue weighted by Crippen LogP contribution is -2.37. The van der Waals surface area contributed by atoms with Crippen molar-refractivity contribution < 1.29 is 14.0 Å². The topological polar surface area (TPSA) is 40.6 Å². The van der Waals surface area contributed by atoms with Gasteiger partial charge in [-0.1, -0.05) is 12.1 Å². The van der Waals surface area contributed by atoms with Gasteiger partial charge >= 0.3 is 0 Å². The van der Waals surface area contributed by atoms with Gasteiger partial charge in [-0.05, 0) is 43.4 Å². The molecule has 4 nitrogen and oxygen atoms in total. The van der Waals surface area contributed by atoms with Crippen molar-refractivity contribution in [1.82, 2.24) is 9.80 Å². The normalized spacial score (nSPS) is 26.9. The van der Waals surface area contributed by atoms with Crippen LogP contribution in [0.15, 0.2) is 24.3 Å². The molecule has 2 saturated heterocycles. The second-order valence-corrected chi connectivity index (χ2v) is 7.31. The molecule has 2 atom stereocenters. The van der Waals surface area contributed by atoms with Crippen LogP contribution < -0.4 is 0 Å². The number of amides is 2. The van der Waals surface area contributed by atoms with Crippen molar-refractivity contribution in [3.8, 4) is 0 Å². The highest BCUT2D eigenvalue weighted by Crippen LogP contribution is 2.38. The van der Waals surface area contributed by atoms with Crippen LogP contribution in [0.25, 0.3) is 0 Å². The third-order valence-corrected chi connectivity index (χ3v) is 5.59. The molecule has 24 heavy (non-hydrogen) atoms. The van der Waals surface area contributed by atoms with E-state index in [1.807, 2.05) is 9.80 Å². The summed E-state index contributed by atoms with van der Waals surface area (Å²) in [5.74, 6) is 0.0222. The Labute approximate surface area is 141 Å². The molecule has 2 heterocycles. The number of halogens is 1. The second kappa shape index (κ2) is 6.19. The number of hydrogen-bond acceptors (Lipinski definition) is 2. The molecule has 2 amide bonds. The second-order valence-electron chi connectivity index (χ2n) is 7.31. The summed E-state index contributed by atoms with van der Waals surface area (Å²) in [7, 11) is 0. The summed E-state index contributed by atoms with van der Waals surface area (Å²) in [6, 6.07) is 6.40. The van der Waals surface area contributed by atoms with Crippen molar-refractivity contribution in [2.24, 2.45) is 11.8 Å². The maximum atomic E-state index is 13.3. The molecule has 2 aliphatic heterocycles. The molecule has 1 aliphatic carbocycles. The van der Waals surface area contributed by atoms with E-state index in [4.69, 9.17) is 0 Å². The van der Waals surface area contributed by atoms with Crippen LogP contribution in [0, 0.1) is 17.7 Å². The molecule has 3 fully saturated rings. The Bertz CT molecular complexity index is 635. The first-order chi connectivity index (χ1) is 11.6. The zero-order chi connectivity index (χ0) is 16.7. The summed E-state index contributed by atoms with van der Waals surface area (Å²) in [6.45, 7) is 2.72. The molecule has 0 spiro atoms. The van der Waals surface area contributed by atoms with E-state index in [-0.39, 0.29) is 35.4 Å². The van der Waals surface area contributed by atoms with Crippen LogP contribution in [-0.4, -0.2) is 47.8 Å². The minimum Gasteiger partial charge on any atom is -0.342 e. The van der Waals surface area contributed by atoms with Crippen LogP contribution in [0.2, 0.25) is 0 Å². The summed E-state index contributed by atoms with van der Waals surface area (Å²) in [5, 5.41) is 0. The SMILES string of the molecule is O=C(C1CC1)N1CC(C(=O)N2CCCC2)C(c2ccc(F)cc2)C1. The van der Waals surface area contributed by atoms with Crippen LogP contribution >= 0.6 is 0 Å². The van der Waals surface area contributed by atoms with Gasteiger partial charge in [-0.15, -0.1) is 0 Å². The lowest BCUT2D eigenvalue weighted by atomic mass is 9.88. The quantitative estimate of drug-likeness (QED) is 0.854. The van der Waals surface area contributed by atoms with E-state index in [0.717, 1.165) is 44.3 Å². The van der Waals surface area contributed by atoms with Crippen molar-refractivity contribution in [3.05, 3.63) is 35.6 Å². The highest BCUT2D eigenvalue weighted by Gasteiger charge is 2.45. The number of carbonyl (C=O) groups is 2. The van der Waals surface area contributed by atoms with Crippen molar-refractivity contribution in [2.45, 2.75) is 31.6 Å². The molecule has 1 aromatic rings. The molecular weight excluding hydrogens is 307 g/mol. The van der Waals surface area contributed by atoms with Gasteiger partial charge in [0.1, 0.15) is 5.82 Å². The first-order valence-corrected chi connectivity index (χ1v) is 8.96.